The summed E-state index contributed by atoms with van der Waals surface area (Å²) in [6, 6.07) is 65.2. The molecule has 0 bridgehead atoms. The molecular formula is C110H154B2Br2O4. The first-order chi connectivity index (χ1) is 56.2. The Hall–Kier alpha value is -5.31. The molecule has 2 heterocycles. The van der Waals surface area contributed by atoms with Crippen LogP contribution in [0.3, 0.4) is 0 Å². The zero-order chi connectivity index (χ0) is 85.1. The molecule has 8 aromatic carbocycles. The highest BCUT2D eigenvalue weighted by atomic mass is 79.9. The van der Waals surface area contributed by atoms with Crippen molar-refractivity contribution in [2.45, 2.75) is 377 Å². The molecule has 8 heteroatoms. The Morgan fingerprint density at radius 1 is 0.288 bits per heavy atom. The Balaban J connectivity index is 0.000000201. The SMILES string of the molecule is CC(C)(C)C(Cc1ccc(Br)cc1)Cc1ccc(Br)cc1.CCCCCCCCC1(CCCCCCCC)c2cc(B3OC(C)(C)C(C)(C)O3)ccc2-c2ccc(B3OC(C)(C)C(C)(C)O3)cc21.CCCCCCCCC1(CCCCCCCC)c2cc(C)ccc2-c2ccc(-c3ccc(CC(Cc4ccc(C)cc4)C(C)(C)C)cc3)cc21. The van der Waals surface area contributed by atoms with Gasteiger partial charge < -0.3 is 18.6 Å². The van der Waals surface area contributed by atoms with Crippen LogP contribution in [-0.2, 0) is 55.1 Å². The van der Waals surface area contributed by atoms with Crippen molar-refractivity contribution in [1.29, 1.82) is 0 Å². The van der Waals surface area contributed by atoms with Crippen LogP contribution in [0.25, 0.3) is 33.4 Å². The van der Waals surface area contributed by atoms with Gasteiger partial charge in [-0.2, -0.15) is 0 Å². The van der Waals surface area contributed by atoms with Crippen molar-refractivity contribution in [3.05, 3.63) is 234 Å². The maximum atomic E-state index is 6.60. The summed E-state index contributed by atoms with van der Waals surface area (Å²) in [5.74, 6) is 1.21. The fourth-order valence-corrected chi connectivity index (χ4v) is 19.6. The van der Waals surface area contributed by atoms with E-state index < -0.39 is 0 Å². The van der Waals surface area contributed by atoms with Crippen molar-refractivity contribution in [2.24, 2.45) is 22.7 Å². The molecule has 2 aliphatic carbocycles. The van der Waals surface area contributed by atoms with Crippen molar-refractivity contribution >= 4 is 57.0 Å². The summed E-state index contributed by atoms with van der Waals surface area (Å²) in [7, 11) is -0.731. The van der Waals surface area contributed by atoms with Gasteiger partial charge in [0.25, 0.3) is 0 Å². The Kier molecular flexibility index (Phi) is 34.5. The lowest BCUT2D eigenvalue weighted by Gasteiger charge is -2.33. The van der Waals surface area contributed by atoms with Gasteiger partial charge in [0.05, 0.1) is 22.4 Å². The molecule has 0 saturated carbocycles. The molecule has 118 heavy (non-hydrogen) atoms. The van der Waals surface area contributed by atoms with Gasteiger partial charge >= 0.3 is 14.2 Å². The van der Waals surface area contributed by atoms with Crippen LogP contribution in [-0.4, -0.2) is 36.6 Å². The molecule has 1 atom stereocenters. The lowest BCUT2D eigenvalue weighted by atomic mass is 9.67. The highest BCUT2D eigenvalue weighted by Gasteiger charge is 2.55. The van der Waals surface area contributed by atoms with E-state index in [0.717, 1.165) is 58.4 Å². The summed E-state index contributed by atoms with van der Waals surface area (Å²) < 4.78 is 28.7. The van der Waals surface area contributed by atoms with Crippen molar-refractivity contribution in [3.8, 4) is 33.4 Å². The summed E-state index contributed by atoms with van der Waals surface area (Å²) in [6.45, 7) is 45.2. The fraction of sp³-hybridized carbons (Fsp3) is 0.564. The third kappa shape index (κ3) is 24.6. The molecule has 0 radical (unpaired) electrons. The van der Waals surface area contributed by atoms with Gasteiger partial charge in [-0.15, -0.1) is 0 Å². The van der Waals surface area contributed by atoms with Crippen molar-refractivity contribution < 1.29 is 18.6 Å². The third-order valence-electron chi connectivity index (χ3n) is 28.4. The van der Waals surface area contributed by atoms with Crippen LogP contribution in [0.5, 0.6) is 0 Å². The molecule has 2 aliphatic heterocycles. The number of halogens is 2. The summed E-state index contributed by atoms with van der Waals surface area (Å²) in [4.78, 5) is 0. The van der Waals surface area contributed by atoms with Crippen LogP contribution < -0.4 is 10.9 Å². The maximum absolute atomic E-state index is 6.60. The Morgan fingerprint density at radius 2 is 0.542 bits per heavy atom. The van der Waals surface area contributed by atoms with Gasteiger partial charge in [0.1, 0.15) is 0 Å². The zero-order valence-electron chi connectivity index (χ0n) is 77.5. The quantitative estimate of drug-likeness (QED) is 0.0284. The number of hydrogen-bond acceptors (Lipinski definition) is 4. The van der Waals surface area contributed by atoms with Crippen LogP contribution in [0.1, 0.15) is 360 Å². The molecule has 4 nitrogen and oxygen atoms in total. The van der Waals surface area contributed by atoms with E-state index in [-0.39, 0.29) is 52.9 Å². The number of aryl methyl sites for hydroxylation is 2. The first-order valence-electron chi connectivity index (χ1n) is 47.1. The topological polar surface area (TPSA) is 36.9 Å². The van der Waals surface area contributed by atoms with Crippen molar-refractivity contribution in [1.82, 2.24) is 0 Å². The van der Waals surface area contributed by atoms with E-state index in [1.807, 2.05) is 0 Å². The molecule has 8 aromatic rings. The minimum Gasteiger partial charge on any atom is -0.399 e. The molecule has 12 rings (SSSR count). The minimum absolute atomic E-state index is 0.0561. The smallest absolute Gasteiger partial charge is 0.399 e. The summed E-state index contributed by atoms with van der Waals surface area (Å²) in [6.07, 6.45) is 41.2. The third-order valence-corrected chi connectivity index (χ3v) is 29.5. The molecule has 0 aromatic heterocycles. The van der Waals surface area contributed by atoms with Gasteiger partial charge in [-0.25, -0.2) is 0 Å². The van der Waals surface area contributed by atoms with Crippen molar-refractivity contribution in [2.75, 3.05) is 0 Å². The average molecular weight is 1720 g/mol. The highest BCUT2D eigenvalue weighted by molar-refractivity contribution is 9.10. The second-order valence-electron chi connectivity index (χ2n) is 40.7. The molecule has 2 saturated heterocycles. The van der Waals surface area contributed by atoms with E-state index in [0.29, 0.717) is 17.3 Å². The lowest BCUT2D eigenvalue weighted by molar-refractivity contribution is 0.00578. The van der Waals surface area contributed by atoms with Crippen LogP contribution in [0.4, 0.5) is 0 Å². The lowest BCUT2D eigenvalue weighted by Crippen LogP contribution is -2.41. The second kappa shape index (κ2) is 42.9. The molecule has 638 valence electrons. The van der Waals surface area contributed by atoms with Gasteiger partial charge in [-0.1, -0.05) is 406 Å². The Bertz CT molecular complexity index is 4200. The van der Waals surface area contributed by atoms with Crippen LogP contribution in [0.2, 0.25) is 0 Å². The fourth-order valence-electron chi connectivity index (χ4n) is 19.0. The first kappa shape index (κ1) is 94.9. The van der Waals surface area contributed by atoms with E-state index >= 15 is 0 Å². The standard InChI is InChI=1S/C50H68.C41H64B2O4.C19H22Br2/c1-8-10-12-14-16-18-32-50(33-19-17-15-13-11-9-2)47-34-39(4)22-30-45(47)46-31-29-43(37-48(46)50)42-27-25-41(26-28-42)36-44(49(5,6)7)35-40-23-20-38(3)21-24-40;1-11-13-15-17-19-21-27-41(28-22-20-18-16-14-12-2)35-29-31(42-44-37(3,4)38(5,6)45-42)23-25-33(35)34-26-24-32(30-36(34)41)43-46-39(7,8)40(9,10)47-43;1-19(2,3)16(12-14-4-8-17(20)9-5-14)13-15-6-10-18(21)11-7-15/h20-31,34,37,44H,8-19,32-33,35-36H2,1-7H3;23-26,29-30H,11-22,27-28H2,1-10H3;4-11,16H,12-13H2,1-3H3. The number of fused-ring (bicyclic) bond motifs is 6. The normalized spacial score (nSPS) is 16.6. The molecule has 0 amide bonds. The second-order valence-corrected chi connectivity index (χ2v) is 42.5. The molecular weight excluding hydrogens is 1570 g/mol. The van der Waals surface area contributed by atoms with E-state index in [9.17, 15) is 0 Å². The summed E-state index contributed by atoms with van der Waals surface area (Å²) in [5, 5.41) is 0. The largest absolute Gasteiger partial charge is 0.494 e. The molecule has 4 aliphatic rings. The zero-order valence-corrected chi connectivity index (χ0v) is 80.7. The Morgan fingerprint density at radius 3 is 0.864 bits per heavy atom. The predicted molar refractivity (Wildman–Crippen MR) is 519 cm³/mol. The number of rotatable bonds is 39. The molecule has 0 spiro atoms. The van der Waals surface area contributed by atoms with E-state index in [1.165, 1.54) is 245 Å². The number of hydrogen-bond donors (Lipinski definition) is 0. The van der Waals surface area contributed by atoms with Crippen LogP contribution in [0, 0.1) is 36.5 Å². The number of benzene rings is 8. The number of unbranched alkanes of at least 4 members (excludes halogenated alkanes) is 20. The van der Waals surface area contributed by atoms with Gasteiger partial charge in [-0.3, -0.25) is 0 Å². The van der Waals surface area contributed by atoms with Crippen molar-refractivity contribution in [3.63, 3.8) is 0 Å². The minimum atomic E-state index is -0.370. The van der Waals surface area contributed by atoms with E-state index in [4.69, 9.17) is 18.6 Å². The predicted octanol–water partition coefficient (Wildman–Crippen LogP) is 31.9. The monoisotopic (exact) mass is 1720 g/mol. The van der Waals surface area contributed by atoms with Gasteiger partial charge in [0, 0.05) is 19.8 Å². The Labute approximate surface area is 737 Å². The maximum Gasteiger partial charge on any atom is 0.494 e. The molecule has 2 fully saturated rings. The van der Waals surface area contributed by atoms with Crippen LogP contribution >= 0.6 is 31.9 Å². The summed E-state index contributed by atoms with van der Waals surface area (Å²) >= 11 is 7.01. The molecule has 1 unspecified atom stereocenters. The molecule has 0 N–H and O–H groups in total. The van der Waals surface area contributed by atoms with Gasteiger partial charge in [0.15, 0.2) is 0 Å². The summed E-state index contributed by atoms with van der Waals surface area (Å²) in [5.41, 5.74) is 24.5. The van der Waals surface area contributed by atoms with E-state index in [1.54, 1.807) is 11.1 Å². The van der Waals surface area contributed by atoms with Gasteiger partial charge in [-0.05, 0) is 262 Å². The van der Waals surface area contributed by atoms with Crippen LogP contribution in [0.15, 0.2) is 179 Å². The first-order valence-corrected chi connectivity index (χ1v) is 48.7. The van der Waals surface area contributed by atoms with Gasteiger partial charge in [0.2, 0.25) is 0 Å². The average Bonchev–Trinajstić information content (AvgIpc) is 1.56. The van der Waals surface area contributed by atoms with E-state index in [2.05, 4.69) is 340 Å². The highest BCUT2D eigenvalue weighted by Crippen LogP contribution is 2.57.